The molecule has 0 atom stereocenters. The van der Waals surface area contributed by atoms with Crippen LogP contribution in [0, 0.1) is 0 Å². The van der Waals surface area contributed by atoms with Crippen LogP contribution in [0.25, 0.3) is 0 Å². The summed E-state index contributed by atoms with van der Waals surface area (Å²) in [5, 5.41) is 11.0. The Hall–Kier alpha value is -0.913. The van der Waals surface area contributed by atoms with E-state index in [1.54, 1.807) is 6.92 Å². The standard InChI is InChI=1S/C15H21F15N2Si/c1-2-3-4-5-7-33(31,32)8-6-9(16,17)10(18,19)11(20,21)12(22,23)13(24,25)14(26,27)15(28,29)30/h2-8,31-32H2,1H3. The zero-order valence-corrected chi connectivity index (χ0v) is 17.8. The van der Waals surface area contributed by atoms with Gasteiger partial charge < -0.3 is 10.8 Å². The molecule has 0 aliphatic rings. The van der Waals surface area contributed by atoms with E-state index in [0.717, 1.165) is 0 Å². The van der Waals surface area contributed by atoms with Gasteiger partial charge in [0.25, 0.3) is 0 Å². The van der Waals surface area contributed by atoms with Crippen molar-refractivity contribution >= 4 is 8.40 Å². The van der Waals surface area contributed by atoms with Crippen LogP contribution in [0.5, 0.6) is 0 Å². The highest BCUT2D eigenvalue weighted by molar-refractivity contribution is 6.73. The average Bonchev–Trinajstić information content (AvgIpc) is 2.62. The molecule has 0 aromatic rings. The monoisotopic (exact) mass is 542 g/mol. The molecule has 0 amide bonds. The van der Waals surface area contributed by atoms with Gasteiger partial charge in [-0.05, 0) is 12.1 Å². The Morgan fingerprint density at radius 2 is 0.909 bits per heavy atom. The zero-order chi connectivity index (χ0) is 26.9. The number of nitrogens with two attached hydrogens (primary N) is 2. The topological polar surface area (TPSA) is 52.0 Å². The lowest BCUT2D eigenvalue weighted by Gasteiger charge is -2.41. The normalized spacial score (nSPS) is 15.8. The molecular formula is C15H21F15N2Si. The Labute approximate surface area is 179 Å². The molecule has 4 N–H and O–H groups in total. The molecule has 0 unspecified atom stereocenters. The van der Waals surface area contributed by atoms with Crippen LogP contribution in [0.3, 0.4) is 0 Å². The van der Waals surface area contributed by atoms with Crippen LogP contribution in [0.15, 0.2) is 0 Å². The third kappa shape index (κ3) is 5.84. The molecule has 0 aromatic carbocycles. The van der Waals surface area contributed by atoms with Crippen LogP contribution >= 0.6 is 0 Å². The second kappa shape index (κ2) is 9.62. The van der Waals surface area contributed by atoms with Crippen molar-refractivity contribution in [3.8, 4) is 0 Å². The maximum Gasteiger partial charge on any atom is 0.460 e. The molecule has 0 heterocycles. The summed E-state index contributed by atoms with van der Waals surface area (Å²) in [5.41, 5.74) is 0. The molecular weight excluding hydrogens is 521 g/mol. The maximum atomic E-state index is 13.8. The molecule has 0 radical (unpaired) electrons. The van der Waals surface area contributed by atoms with E-state index < -0.39 is 62.6 Å². The first kappa shape index (κ1) is 32.1. The predicted molar refractivity (Wildman–Crippen MR) is 88.2 cm³/mol. The van der Waals surface area contributed by atoms with Crippen LogP contribution in [-0.4, -0.2) is 50.1 Å². The molecule has 2 nitrogen and oxygen atoms in total. The summed E-state index contributed by atoms with van der Waals surface area (Å²) in [4.78, 5) is 0. The molecule has 0 bridgehead atoms. The average molecular weight is 542 g/mol. The number of hydrogen-bond acceptors (Lipinski definition) is 2. The third-order valence-electron chi connectivity index (χ3n) is 4.79. The molecule has 0 rings (SSSR count). The van der Waals surface area contributed by atoms with E-state index in [1.807, 2.05) is 0 Å². The largest absolute Gasteiger partial charge is 0.460 e. The van der Waals surface area contributed by atoms with Crippen molar-refractivity contribution in [3.63, 3.8) is 0 Å². The van der Waals surface area contributed by atoms with Gasteiger partial charge in [0.2, 0.25) is 0 Å². The van der Waals surface area contributed by atoms with E-state index in [4.69, 9.17) is 10.8 Å². The Morgan fingerprint density at radius 3 is 1.30 bits per heavy atom. The molecule has 33 heavy (non-hydrogen) atoms. The lowest BCUT2D eigenvalue weighted by atomic mass is 9.90. The number of unbranched alkanes of at least 4 members (excludes halogenated alkanes) is 3. The minimum atomic E-state index is -8.27. The van der Waals surface area contributed by atoms with Crippen molar-refractivity contribution in [2.24, 2.45) is 10.8 Å². The van der Waals surface area contributed by atoms with Crippen LogP contribution in [0.4, 0.5) is 65.9 Å². The Bertz CT molecular complexity index is 646. The third-order valence-corrected chi connectivity index (χ3v) is 7.26. The van der Waals surface area contributed by atoms with Gasteiger partial charge in [-0.1, -0.05) is 32.6 Å². The number of alkyl halides is 15. The van der Waals surface area contributed by atoms with Crippen molar-refractivity contribution in [1.29, 1.82) is 0 Å². The summed E-state index contributed by atoms with van der Waals surface area (Å²) >= 11 is 0. The summed E-state index contributed by atoms with van der Waals surface area (Å²) in [7, 11) is -3.80. The molecule has 0 saturated heterocycles. The summed E-state index contributed by atoms with van der Waals surface area (Å²) in [5.74, 6) is -46.3. The van der Waals surface area contributed by atoms with Gasteiger partial charge in [0.15, 0.2) is 8.40 Å². The van der Waals surface area contributed by atoms with Gasteiger partial charge in [-0.25, -0.2) is 0 Å². The fourth-order valence-corrected chi connectivity index (χ4v) is 4.49. The van der Waals surface area contributed by atoms with Gasteiger partial charge in [-0.3, -0.25) is 0 Å². The van der Waals surface area contributed by atoms with E-state index >= 15 is 0 Å². The van der Waals surface area contributed by atoms with Crippen molar-refractivity contribution in [1.82, 2.24) is 0 Å². The molecule has 0 spiro atoms. The van der Waals surface area contributed by atoms with Crippen molar-refractivity contribution in [2.75, 3.05) is 0 Å². The summed E-state index contributed by atoms with van der Waals surface area (Å²) in [6.45, 7) is 1.78. The summed E-state index contributed by atoms with van der Waals surface area (Å²) < 4.78 is 197. The van der Waals surface area contributed by atoms with E-state index in [2.05, 4.69) is 0 Å². The van der Waals surface area contributed by atoms with Crippen LogP contribution in [0.2, 0.25) is 12.1 Å². The van der Waals surface area contributed by atoms with Gasteiger partial charge in [-0.2, -0.15) is 65.9 Å². The predicted octanol–water partition coefficient (Wildman–Crippen LogP) is 6.69. The van der Waals surface area contributed by atoms with Crippen molar-refractivity contribution in [2.45, 2.75) is 92.8 Å². The molecule has 0 aliphatic carbocycles. The van der Waals surface area contributed by atoms with Gasteiger partial charge >= 0.3 is 41.7 Å². The lowest BCUT2D eigenvalue weighted by molar-refractivity contribution is -0.452. The Balaban J connectivity index is 5.94. The highest BCUT2D eigenvalue weighted by atomic mass is 28.3. The highest BCUT2D eigenvalue weighted by Gasteiger charge is 2.93. The minimum Gasteiger partial charge on any atom is -0.339 e. The fraction of sp³-hybridized carbons (Fsp3) is 1.00. The highest BCUT2D eigenvalue weighted by Crippen LogP contribution is 2.62. The molecule has 0 fully saturated rings. The van der Waals surface area contributed by atoms with Crippen LogP contribution in [-0.2, 0) is 0 Å². The number of halogens is 15. The SMILES string of the molecule is CCCCCC[Si](N)(N)CCC(F)(F)C(F)(F)C(F)(F)C(F)(F)C(F)(F)C(F)(F)C(F)(F)F. The van der Waals surface area contributed by atoms with Gasteiger partial charge in [-0.15, -0.1) is 0 Å². The Morgan fingerprint density at radius 1 is 0.515 bits per heavy atom. The quantitative estimate of drug-likeness (QED) is 0.155. The minimum absolute atomic E-state index is 0.197. The first-order valence-corrected chi connectivity index (χ1v) is 11.7. The smallest absolute Gasteiger partial charge is 0.339 e. The fourth-order valence-electron chi connectivity index (χ4n) is 2.55. The Kier molecular flexibility index (Phi) is 9.35. The van der Waals surface area contributed by atoms with Gasteiger partial charge in [0, 0.05) is 6.42 Å². The van der Waals surface area contributed by atoms with Crippen LogP contribution < -0.4 is 10.8 Å². The second-order valence-corrected chi connectivity index (χ2v) is 11.1. The molecule has 200 valence electrons. The zero-order valence-electron chi connectivity index (χ0n) is 16.8. The first-order chi connectivity index (χ1) is 14.3. The number of hydrogen-bond donors (Lipinski definition) is 2. The molecule has 0 aliphatic heterocycles. The van der Waals surface area contributed by atoms with Gasteiger partial charge in [0.05, 0.1) is 0 Å². The number of rotatable bonds is 13. The van der Waals surface area contributed by atoms with E-state index in [1.165, 1.54) is 0 Å². The van der Waals surface area contributed by atoms with Crippen molar-refractivity contribution < 1.29 is 65.9 Å². The van der Waals surface area contributed by atoms with E-state index in [0.29, 0.717) is 19.3 Å². The lowest BCUT2D eigenvalue weighted by Crippen LogP contribution is -2.72. The second-order valence-electron chi connectivity index (χ2n) is 7.62. The molecule has 0 aromatic heterocycles. The summed E-state index contributed by atoms with van der Waals surface area (Å²) in [6.07, 6.45) is -8.04. The maximum absolute atomic E-state index is 13.8. The molecule has 18 heteroatoms. The van der Waals surface area contributed by atoms with Crippen LogP contribution in [0.1, 0.15) is 39.0 Å². The summed E-state index contributed by atoms with van der Waals surface area (Å²) in [6, 6.07) is -1.50. The first-order valence-electron chi connectivity index (χ1n) is 9.18. The van der Waals surface area contributed by atoms with E-state index in [-0.39, 0.29) is 12.5 Å². The van der Waals surface area contributed by atoms with Gasteiger partial charge in [0.1, 0.15) is 0 Å². The van der Waals surface area contributed by atoms with Crippen molar-refractivity contribution in [3.05, 3.63) is 0 Å². The van der Waals surface area contributed by atoms with E-state index in [9.17, 15) is 65.9 Å². The molecule has 0 saturated carbocycles.